The molecule has 2 aromatic carbocycles. The number of halogens is 2. The van der Waals surface area contributed by atoms with Crippen LogP contribution in [0.4, 0.5) is 4.39 Å². The third-order valence-corrected chi connectivity index (χ3v) is 6.83. The van der Waals surface area contributed by atoms with Gasteiger partial charge in [0.05, 0.1) is 5.57 Å². The number of nitrogens with zero attached hydrogens (tertiary/aromatic N) is 4. The molecular formula is C24H17BrFN5OS. The number of hydrogen-bond donors (Lipinski definition) is 1. The summed E-state index contributed by atoms with van der Waals surface area (Å²) in [6, 6.07) is 15.9. The molecule has 0 saturated heterocycles. The summed E-state index contributed by atoms with van der Waals surface area (Å²) in [4.78, 5) is 17.0. The summed E-state index contributed by atoms with van der Waals surface area (Å²) in [5, 5.41) is 15.3. The van der Waals surface area contributed by atoms with Crippen LogP contribution in [0.15, 0.2) is 74.7 Å². The molecule has 164 valence electrons. The maximum Gasteiger partial charge on any atom is 0.283 e. The Bertz CT molecular complexity index is 1420. The van der Waals surface area contributed by atoms with E-state index in [4.69, 9.17) is 5.41 Å². The van der Waals surface area contributed by atoms with Crippen molar-refractivity contribution in [1.82, 2.24) is 9.58 Å². The third kappa shape index (κ3) is 3.87. The molecule has 0 radical (unpaired) electrons. The van der Waals surface area contributed by atoms with E-state index in [0.29, 0.717) is 15.8 Å². The number of amides is 1. The number of amidine groups is 2. The van der Waals surface area contributed by atoms with Crippen LogP contribution in [-0.4, -0.2) is 31.5 Å². The Balaban J connectivity index is 1.51. The first-order chi connectivity index (χ1) is 15.8. The van der Waals surface area contributed by atoms with Gasteiger partial charge in [0.15, 0.2) is 5.84 Å². The van der Waals surface area contributed by atoms with Crippen LogP contribution >= 0.6 is 27.7 Å². The Hall–Kier alpha value is -3.30. The van der Waals surface area contributed by atoms with Crippen molar-refractivity contribution in [2.24, 2.45) is 10.1 Å². The number of benzene rings is 2. The second-order valence-corrected chi connectivity index (χ2v) is 9.45. The highest BCUT2D eigenvalue weighted by atomic mass is 79.9. The number of thioether (sulfide) groups is 1. The monoisotopic (exact) mass is 521 g/mol. The molecule has 3 aromatic rings. The molecule has 2 aliphatic rings. The number of nitrogens with one attached hydrogen (secondary N) is 1. The van der Waals surface area contributed by atoms with Gasteiger partial charge in [-0.3, -0.25) is 10.2 Å². The van der Waals surface area contributed by atoms with Crippen molar-refractivity contribution in [3.05, 3.63) is 93.0 Å². The van der Waals surface area contributed by atoms with E-state index in [-0.39, 0.29) is 17.2 Å². The summed E-state index contributed by atoms with van der Waals surface area (Å²) in [6.07, 6.45) is 1.69. The Morgan fingerprint density at radius 2 is 1.88 bits per heavy atom. The van der Waals surface area contributed by atoms with Gasteiger partial charge in [-0.25, -0.2) is 4.39 Å². The van der Waals surface area contributed by atoms with E-state index in [1.807, 2.05) is 44.2 Å². The van der Waals surface area contributed by atoms with Gasteiger partial charge in [0.1, 0.15) is 10.9 Å². The van der Waals surface area contributed by atoms with E-state index in [1.54, 1.807) is 18.2 Å². The predicted molar refractivity (Wildman–Crippen MR) is 133 cm³/mol. The van der Waals surface area contributed by atoms with Crippen molar-refractivity contribution in [2.45, 2.75) is 13.8 Å². The fourth-order valence-corrected chi connectivity index (χ4v) is 5.09. The van der Waals surface area contributed by atoms with E-state index >= 15 is 0 Å². The molecule has 0 saturated carbocycles. The molecule has 1 aromatic heterocycles. The van der Waals surface area contributed by atoms with Crippen molar-refractivity contribution in [2.75, 3.05) is 0 Å². The largest absolute Gasteiger partial charge is 0.318 e. The quantitative estimate of drug-likeness (QED) is 0.451. The Morgan fingerprint density at radius 3 is 2.61 bits per heavy atom. The highest BCUT2D eigenvalue weighted by Crippen LogP contribution is 2.32. The summed E-state index contributed by atoms with van der Waals surface area (Å²) in [5.41, 5.74) is 4.64. The first kappa shape index (κ1) is 21.5. The average Bonchev–Trinajstić information content (AvgIpc) is 3.32. The first-order valence-electron chi connectivity index (χ1n) is 10.0. The van der Waals surface area contributed by atoms with Gasteiger partial charge >= 0.3 is 0 Å². The van der Waals surface area contributed by atoms with Gasteiger partial charge in [-0.15, -0.1) is 0 Å². The zero-order valence-electron chi connectivity index (χ0n) is 17.6. The van der Waals surface area contributed by atoms with Gasteiger partial charge in [0, 0.05) is 27.1 Å². The maximum atomic E-state index is 13.3. The van der Waals surface area contributed by atoms with Crippen LogP contribution in [0.1, 0.15) is 22.5 Å². The third-order valence-electron chi connectivity index (χ3n) is 5.38. The van der Waals surface area contributed by atoms with Crippen LogP contribution in [0, 0.1) is 25.1 Å². The number of carbonyl (C=O) groups is 1. The highest BCUT2D eigenvalue weighted by molar-refractivity contribution is 9.10. The first-order valence-corrected chi connectivity index (χ1v) is 11.6. The minimum absolute atomic E-state index is 0.0399. The lowest BCUT2D eigenvalue weighted by atomic mass is 10.1. The molecule has 6 nitrogen and oxygen atoms in total. The van der Waals surface area contributed by atoms with Crippen molar-refractivity contribution in [1.29, 1.82) is 5.41 Å². The molecule has 2 aliphatic heterocycles. The lowest BCUT2D eigenvalue weighted by molar-refractivity contribution is -0.114. The SMILES string of the molecule is Cc1cc(C=C2C(=N)N3N=C(c4ccc(F)cc4)SC3=NC2=O)c(C)n1-c1cccc(Br)c1. The minimum atomic E-state index is -0.485. The Labute approximate surface area is 202 Å². The van der Waals surface area contributed by atoms with Crippen LogP contribution < -0.4 is 0 Å². The van der Waals surface area contributed by atoms with Crippen LogP contribution in [-0.2, 0) is 4.79 Å². The summed E-state index contributed by atoms with van der Waals surface area (Å²) in [7, 11) is 0. The summed E-state index contributed by atoms with van der Waals surface area (Å²) in [5.74, 6) is -0.866. The van der Waals surface area contributed by atoms with Crippen LogP contribution in [0.3, 0.4) is 0 Å². The van der Waals surface area contributed by atoms with E-state index in [1.165, 1.54) is 28.9 Å². The summed E-state index contributed by atoms with van der Waals surface area (Å²) < 4.78 is 16.3. The summed E-state index contributed by atoms with van der Waals surface area (Å²) >= 11 is 4.69. The molecule has 9 heteroatoms. The molecular weight excluding hydrogens is 505 g/mol. The lowest BCUT2D eigenvalue weighted by Gasteiger charge is -2.20. The minimum Gasteiger partial charge on any atom is -0.318 e. The molecule has 0 spiro atoms. The molecule has 3 heterocycles. The molecule has 0 bridgehead atoms. The fraction of sp³-hybridized carbons (Fsp3) is 0.0833. The molecule has 0 aliphatic carbocycles. The molecule has 33 heavy (non-hydrogen) atoms. The maximum absolute atomic E-state index is 13.3. The number of aliphatic imine (C=N–C) groups is 1. The van der Waals surface area contributed by atoms with E-state index in [9.17, 15) is 9.18 Å². The van der Waals surface area contributed by atoms with Crippen molar-refractivity contribution in [3.63, 3.8) is 0 Å². The molecule has 5 rings (SSSR count). The smallest absolute Gasteiger partial charge is 0.283 e. The number of aromatic nitrogens is 1. The van der Waals surface area contributed by atoms with E-state index in [0.717, 1.165) is 27.1 Å². The van der Waals surface area contributed by atoms with Crippen molar-refractivity contribution in [3.8, 4) is 5.69 Å². The van der Waals surface area contributed by atoms with Crippen molar-refractivity contribution >= 4 is 55.7 Å². The van der Waals surface area contributed by atoms with E-state index in [2.05, 4.69) is 30.6 Å². The number of hydrazone groups is 1. The van der Waals surface area contributed by atoms with Crippen molar-refractivity contribution < 1.29 is 9.18 Å². The molecule has 1 amide bonds. The second-order valence-electron chi connectivity index (χ2n) is 7.57. The highest BCUT2D eigenvalue weighted by Gasteiger charge is 2.36. The standard InChI is InChI=1S/C24H17BrFN5OS/c1-13-10-16(14(2)30(13)19-5-3-4-17(25)12-19)11-20-21(27)31-24(28-22(20)32)33-23(29-31)15-6-8-18(26)9-7-15/h3-12,27H,1-2H3. The van der Waals surface area contributed by atoms with Crippen LogP contribution in [0.25, 0.3) is 11.8 Å². The molecule has 0 unspecified atom stereocenters. The normalized spacial score (nSPS) is 16.8. The molecule has 1 N–H and O–H groups in total. The number of fused-ring (bicyclic) bond motifs is 1. The zero-order chi connectivity index (χ0) is 23.3. The van der Waals surface area contributed by atoms with Gasteiger partial charge in [-0.1, -0.05) is 22.0 Å². The Morgan fingerprint density at radius 1 is 1.12 bits per heavy atom. The molecule has 0 atom stereocenters. The lowest BCUT2D eigenvalue weighted by Crippen LogP contribution is -2.35. The predicted octanol–water partition coefficient (Wildman–Crippen LogP) is 5.66. The van der Waals surface area contributed by atoms with Crippen LogP contribution in [0.2, 0.25) is 0 Å². The van der Waals surface area contributed by atoms with Gasteiger partial charge in [0.25, 0.3) is 5.91 Å². The van der Waals surface area contributed by atoms with Gasteiger partial charge in [0.2, 0.25) is 5.17 Å². The number of carbonyl (C=O) groups excluding carboxylic acids is 1. The van der Waals surface area contributed by atoms with Gasteiger partial charge in [-0.05, 0) is 85.8 Å². The number of rotatable bonds is 3. The fourth-order valence-electron chi connectivity index (χ4n) is 3.80. The van der Waals surface area contributed by atoms with Gasteiger partial charge < -0.3 is 4.57 Å². The second kappa shape index (κ2) is 8.24. The number of hydrogen-bond acceptors (Lipinski definition) is 4. The van der Waals surface area contributed by atoms with E-state index < -0.39 is 5.91 Å². The van der Waals surface area contributed by atoms with Gasteiger partial charge in [-0.2, -0.15) is 15.1 Å². The molecule has 0 fully saturated rings. The summed E-state index contributed by atoms with van der Waals surface area (Å²) in [6.45, 7) is 3.97. The zero-order valence-corrected chi connectivity index (χ0v) is 20.0. The topological polar surface area (TPSA) is 73.8 Å². The Kier molecular flexibility index (Phi) is 5.38. The van der Waals surface area contributed by atoms with Crippen LogP contribution in [0.5, 0.6) is 0 Å². The number of aryl methyl sites for hydroxylation is 1. The average molecular weight is 522 g/mol.